The van der Waals surface area contributed by atoms with Crippen LogP contribution in [-0.4, -0.2) is 83.8 Å². The summed E-state index contributed by atoms with van der Waals surface area (Å²) in [5.41, 5.74) is 4.88. The van der Waals surface area contributed by atoms with Gasteiger partial charge in [0.05, 0.1) is 17.8 Å². The summed E-state index contributed by atoms with van der Waals surface area (Å²) in [6.07, 6.45) is 7.87. The Labute approximate surface area is 301 Å². The highest BCUT2D eigenvalue weighted by Gasteiger charge is 2.38. The lowest BCUT2D eigenvalue weighted by Gasteiger charge is -2.47. The molecular formula is C38H47BrFN7O3. The number of amides is 2. The van der Waals surface area contributed by atoms with Crippen molar-refractivity contribution < 1.29 is 14.0 Å². The van der Waals surface area contributed by atoms with Crippen molar-refractivity contribution >= 4 is 39.1 Å². The number of halogens is 2. The highest BCUT2D eigenvalue weighted by atomic mass is 79.9. The number of piperidine rings is 4. The number of aryl methyl sites for hydroxylation is 1. The summed E-state index contributed by atoms with van der Waals surface area (Å²) in [6, 6.07) is 14.6. The fourth-order valence-electron chi connectivity index (χ4n) is 8.56. The first kappa shape index (κ1) is 34.8. The Kier molecular flexibility index (Phi) is 10.1. The van der Waals surface area contributed by atoms with E-state index < -0.39 is 11.8 Å². The maximum atomic E-state index is 15.2. The van der Waals surface area contributed by atoms with Crippen LogP contribution < -0.4 is 21.1 Å². The summed E-state index contributed by atoms with van der Waals surface area (Å²) >= 11 is 3.45. The van der Waals surface area contributed by atoms with E-state index in [1.807, 2.05) is 6.07 Å². The lowest BCUT2D eigenvalue weighted by molar-refractivity contribution is -0.134. The number of likely N-dealkylation sites (tertiary alicyclic amines) is 2. The number of nitrogens with one attached hydrogen (secondary N) is 2. The molecule has 0 saturated carbocycles. The summed E-state index contributed by atoms with van der Waals surface area (Å²) in [5.74, 6) is -1.26. The zero-order valence-electron chi connectivity index (χ0n) is 29.0. The Hall–Kier alpha value is -3.61. The molecule has 266 valence electrons. The number of carbonyl (C=O) groups excluding carboxylic acids is 2. The number of anilines is 2. The lowest BCUT2D eigenvalue weighted by atomic mass is 9.71. The number of likely N-dealkylation sites (N-methyl/N-ethyl adjacent to an activating group) is 1. The third kappa shape index (κ3) is 7.52. The molecule has 4 saturated heterocycles. The van der Waals surface area contributed by atoms with Gasteiger partial charge < -0.3 is 15.1 Å². The largest absolute Gasteiger partial charge is 0.379 e. The van der Waals surface area contributed by atoms with Gasteiger partial charge in [-0.1, -0.05) is 30.3 Å². The van der Waals surface area contributed by atoms with Crippen molar-refractivity contribution in [2.24, 2.45) is 12.5 Å². The van der Waals surface area contributed by atoms with Crippen LogP contribution in [0.25, 0.3) is 0 Å². The number of hydrogen-bond donors (Lipinski definition) is 2. The maximum Gasteiger partial charge on any atom is 0.282 e. The van der Waals surface area contributed by atoms with Gasteiger partial charge in [-0.2, -0.15) is 5.10 Å². The fraction of sp³-hybridized carbons (Fsp3) is 0.526. The van der Waals surface area contributed by atoms with E-state index in [0.717, 1.165) is 76.5 Å². The van der Waals surface area contributed by atoms with E-state index in [1.165, 1.54) is 28.7 Å². The summed E-state index contributed by atoms with van der Waals surface area (Å²) in [6.45, 7) is 6.85. The smallest absolute Gasteiger partial charge is 0.282 e. The number of benzene rings is 2. The highest BCUT2D eigenvalue weighted by molar-refractivity contribution is 9.10. The average molecular weight is 749 g/mol. The number of nitrogens with zero attached hydrogens (tertiary/aromatic N) is 5. The standard InChI is InChI=1S/C38H47BrFN7O3/c1-44-23-27(19-28(24-44)42-33-21-41-45(2)37(50)35(33)39)26-5-3-25(4-6-26)22-46-15-11-38(12-16-46)13-17-47(18-14-38)29-7-8-30(32(40)20-29)31-9-10-34(48)43-36(31)49/h3-8,20-21,27-28,31,42H,9-19,22-24H2,1-2H3,(H,43,48,49)/t27-,28+,31?/m0/s1. The molecule has 4 aliphatic rings. The Balaban J connectivity index is 0.888. The summed E-state index contributed by atoms with van der Waals surface area (Å²) in [7, 11) is 3.81. The van der Waals surface area contributed by atoms with Crippen LogP contribution in [0.2, 0.25) is 0 Å². The van der Waals surface area contributed by atoms with Gasteiger partial charge in [-0.3, -0.25) is 24.6 Å². The van der Waals surface area contributed by atoms with Crippen LogP contribution >= 0.6 is 15.9 Å². The Bertz CT molecular complexity index is 1780. The van der Waals surface area contributed by atoms with E-state index >= 15 is 4.39 Å². The number of aromatic nitrogens is 2. The predicted octanol–water partition coefficient (Wildman–Crippen LogP) is 4.98. The van der Waals surface area contributed by atoms with Gasteiger partial charge in [0, 0.05) is 63.5 Å². The van der Waals surface area contributed by atoms with Gasteiger partial charge in [0.1, 0.15) is 10.3 Å². The van der Waals surface area contributed by atoms with Crippen molar-refractivity contribution in [2.75, 3.05) is 56.5 Å². The van der Waals surface area contributed by atoms with Gasteiger partial charge in [0.2, 0.25) is 11.8 Å². The van der Waals surface area contributed by atoms with E-state index in [9.17, 15) is 14.4 Å². The monoisotopic (exact) mass is 747 g/mol. The Morgan fingerprint density at radius 1 is 0.980 bits per heavy atom. The molecule has 1 spiro atoms. The number of rotatable bonds is 7. The van der Waals surface area contributed by atoms with Crippen molar-refractivity contribution in [3.05, 3.63) is 86.0 Å². The van der Waals surface area contributed by atoms with E-state index in [4.69, 9.17) is 0 Å². The van der Waals surface area contributed by atoms with Crippen molar-refractivity contribution in [3.8, 4) is 0 Å². The van der Waals surface area contributed by atoms with E-state index in [2.05, 4.69) is 77.7 Å². The fourth-order valence-corrected chi connectivity index (χ4v) is 9.03. The molecule has 10 nitrogen and oxygen atoms in total. The first-order chi connectivity index (χ1) is 24.1. The van der Waals surface area contributed by atoms with Crippen LogP contribution in [0.1, 0.15) is 73.5 Å². The predicted molar refractivity (Wildman–Crippen MR) is 196 cm³/mol. The van der Waals surface area contributed by atoms with E-state index in [-0.39, 0.29) is 29.7 Å². The van der Waals surface area contributed by atoms with Crippen LogP contribution in [0, 0.1) is 11.2 Å². The lowest BCUT2D eigenvalue weighted by Crippen LogP contribution is -2.46. The summed E-state index contributed by atoms with van der Waals surface area (Å²) in [4.78, 5) is 43.3. The molecule has 2 aromatic carbocycles. The van der Waals surface area contributed by atoms with Crippen LogP contribution in [0.5, 0.6) is 0 Å². The SMILES string of the molecule is CN1C[C@H](Nc2cnn(C)c(=O)c2Br)C[C@H](c2ccc(CN3CCC4(CC3)CCN(c3ccc(C5CCC(=O)NC5=O)c(F)c3)CC4)cc2)C1. The van der Waals surface area contributed by atoms with Gasteiger partial charge in [-0.05, 0) is 109 Å². The molecule has 3 atom stereocenters. The second-order valence-corrected chi connectivity index (χ2v) is 15.8. The maximum absolute atomic E-state index is 15.2. The molecule has 50 heavy (non-hydrogen) atoms. The Morgan fingerprint density at radius 2 is 1.70 bits per heavy atom. The molecule has 2 N–H and O–H groups in total. The minimum atomic E-state index is -0.607. The molecule has 7 rings (SSSR count). The third-order valence-corrected chi connectivity index (χ3v) is 12.4. The molecular weight excluding hydrogens is 701 g/mol. The summed E-state index contributed by atoms with van der Waals surface area (Å²) in [5, 5.41) is 10.1. The normalized spacial score (nSPS) is 24.7. The van der Waals surface area contributed by atoms with Crippen LogP contribution in [-0.2, 0) is 23.2 Å². The van der Waals surface area contributed by atoms with E-state index in [0.29, 0.717) is 27.8 Å². The first-order valence-electron chi connectivity index (χ1n) is 17.9. The second-order valence-electron chi connectivity index (χ2n) is 15.0. The number of imide groups is 1. The van der Waals surface area contributed by atoms with Crippen LogP contribution in [0.4, 0.5) is 15.8 Å². The molecule has 3 aromatic rings. The molecule has 0 aliphatic carbocycles. The molecule has 1 unspecified atom stereocenters. The molecule has 5 heterocycles. The molecule has 4 aliphatic heterocycles. The van der Waals surface area contributed by atoms with Crippen LogP contribution in [0.3, 0.4) is 0 Å². The topological polar surface area (TPSA) is 103 Å². The first-order valence-corrected chi connectivity index (χ1v) is 18.7. The minimum absolute atomic E-state index is 0.147. The number of hydrogen-bond acceptors (Lipinski definition) is 8. The molecule has 12 heteroatoms. The molecule has 1 aromatic heterocycles. The highest BCUT2D eigenvalue weighted by Crippen LogP contribution is 2.43. The molecule has 2 amide bonds. The van der Waals surface area contributed by atoms with Gasteiger partial charge in [-0.15, -0.1) is 0 Å². The minimum Gasteiger partial charge on any atom is -0.379 e. The number of carbonyl (C=O) groups is 2. The van der Waals surface area contributed by atoms with Crippen molar-refractivity contribution in [2.45, 2.75) is 69.4 Å². The van der Waals surface area contributed by atoms with E-state index in [1.54, 1.807) is 25.4 Å². The average Bonchev–Trinajstić information content (AvgIpc) is 3.10. The van der Waals surface area contributed by atoms with Gasteiger partial charge in [-0.25, -0.2) is 9.07 Å². The Morgan fingerprint density at radius 3 is 2.40 bits per heavy atom. The van der Waals surface area contributed by atoms with Crippen molar-refractivity contribution in [1.82, 2.24) is 24.9 Å². The molecule has 0 bridgehead atoms. The zero-order valence-corrected chi connectivity index (χ0v) is 30.6. The van der Waals surface area contributed by atoms with Gasteiger partial charge in [0.15, 0.2) is 0 Å². The third-order valence-electron chi connectivity index (χ3n) is 11.6. The van der Waals surface area contributed by atoms with Crippen molar-refractivity contribution in [1.29, 1.82) is 0 Å². The van der Waals surface area contributed by atoms with Crippen LogP contribution in [0.15, 0.2) is 57.9 Å². The quantitative estimate of drug-likeness (QED) is 0.327. The molecule has 4 fully saturated rings. The zero-order chi connectivity index (χ0) is 35.0. The van der Waals surface area contributed by atoms with Gasteiger partial charge in [0.25, 0.3) is 5.56 Å². The van der Waals surface area contributed by atoms with Gasteiger partial charge >= 0.3 is 0 Å². The summed E-state index contributed by atoms with van der Waals surface area (Å²) < 4.78 is 17.0. The second kappa shape index (κ2) is 14.6. The van der Waals surface area contributed by atoms with Crippen molar-refractivity contribution in [3.63, 3.8) is 0 Å². The molecule has 0 radical (unpaired) electrons.